The summed E-state index contributed by atoms with van der Waals surface area (Å²) >= 11 is 0. The third-order valence-corrected chi connectivity index (χ3v) is 6.11. The lowest BCUT2D eigenvalue weighted by Gasteiger charge is -2.44. The Morgan fingerprint density at radius 3 is 2.30 bits per heavy atom. The molecule has 2 amide bonds. The molecule has 33 heavy (non-hydrogen) atoms. The number of piperidine rings is 1. The number of carbonyl (C=O) groups excluding carboxylic acids is 2. The number of halogens is 6. The van der Waals surface area contributed by atoms with Gasteiger partial charge in [-0.1, -0.05) is 0 Å². The number of carbonyl (C=O) groups is 2. The van der Waals surface area contributed by atoms with E-state index in [1.54, 1.807) is 17.2 Å². The smallest absolute Gasteiger partial charge is 0.426 e. The minimum atomic E-state index is -5.78. The lowest BCUT2D eigenvalue weighted by Crippen LogP contribution is -2.56. The van der Waals surface area contributed by atoms with Crippen LogP contribution in [0.5, 0.6) is 0 Å². The van der Waals surface area contributed by atoms with E-state index >= 15 is 0 Å². The number of alkyl halides is 6. The lowest BCUT2D eigenvalue weighted by molar-refractivity contribution is -0.308. The van der Waals surface area contributed by atoms with Crippen molar-refractivity contribution < 1.29 is 40.7 Å². The van der Waals surface area contributed by atoms with Gasteiger partial charge in [-0.2, -0.15) is 26.3 Å². The normalized spacial score (nSPS) is 19.0. The molecule has 0 N–H and O–H groups in total. The predicted octanol–water partition coefficient (Wildman–Crippen LogP) is 3.43. The first kappa shape index (κ1) is 23.1. The molecule has 4 heterocycles. The standard InChI is InChI=1S/C19H19F6N5O3/c20-18(21,22)14(19(23,24)25)33-16(32)28-9-4-17(5-10-28)3-1-8-30(17)13(31)12-11-27-15-26-6-2-7-29(12)15/h2,6-7,11,14H,1,3-5,8-10H2. The zero-order valence-electron chi connectivity index (χ0n) is 17.1. The zero-order chi connectivity index (χ0) is 24.0. The van der Waals surface area contributed by atoms with Crippen LogP contribution in [0.1, 0.15) is 36.2 Å². The molecule has 180 valence electrons. The Bertz CT molecular complexity index is 1030. The fraction of sp³-hybridized carbons (Fsp3) is 0.579. The molecule has 8 nitrogen and oxygen atoms in total. The van der Waals surface area contributed by atoms with Crippen LogP contribution in [0, 0.1) is 0 Å². The van der Waals surface area contributed by atoms with Gasteiger partial charge in [0.1, 0.15) is 5.69 Å². The number of rotatable bonds is 2. The number of amides is 2. The molecule has 0 atom stereocenters. The van der Waals surface area contributed by atoms with Gasteiger partial charge in [0, 0.05) is 37.6 Å². The predicted molar refractivity (Wildman–Crippen MR) is 99.2 cm³/mol. The first-order chi connectivity index (χ1) is 15.4. The molecule has 2 fully saturated rings. The topological polar surface area (TPSA) is 80.0 Å². The molecular weight excluding hydrogens is 460 g/mol. The molecule has 2 aliphatic heterocycles. The van der Waals surface area contributed by atoms with Gasteiger partial charge >= 0.3 is 18.4 Å². The molecule has 2 aromatic heterocycles. The average molecular weight is 479 g/mol. The molecule has 14 heteroatoms. The van der Waals surface area contributed by atoms with Crippen LogP contribution in [0.25, 0.3) is 5.78 Å². The summed E-state index contributed by atoms with van der Waals surface area (Å²) in [5, 5.41) is 0. The summed E-state index contributed by atoms with van der Waals surface area (Å²) in [6, 6.07) is 1.64. The van der Waals surface area contributed by atoms with E-state index in [-0.39, 0.29) is 31.8 Å². The Morgan fingerprint density at radius 2 is 1.67 bits per heavy atom. The zero-order valence-corrected chi connectivity index (χ0v) is 17.1. The van der Waals surface area contributed by atoms with Crippen LogP contribution in [0.4, 0.5) is 31.1 Å². The van der Waals surface area contributed by atoms with Crippen LogP contribution in [0.2, 0.25) is 0 Å². The summed E-state index contributed by atoms with van der Waals surface area (Å²) in [6.45, 7) is 0.153. The van der Waals surface area contributed by atoms with Crippen molar-refractivity contribution in [2.75, 3.05) is 19.6 Å². The summed E-state index contributed by atoms with van der Waals surface area (Å²) in [5.41, 5.74) is -0.368. The fourth-order valence-corrected chi connectivity index (χ4v) is 4.50. The molecule has 0 radical (unpaired) electrons. The number of nitrogens with zero attached hydrogens (tertiary/aromatic N) is 5. The van der Waals surface area contributed by atoms with Gasteiger partial charge in [0.2, 0.25) is 5.78 Å². The second kappa shape index (κ2) is 8.06. The van der Waals surface area contributed by atoms with Gasteiger partial charge in [-0.15, -0.1) is 0 Å². The van der Waals surface area contributed by atoms with Crippen molar-refractivity contribution in [3.05, 3.63) is 30.4 Å². The minimum absolute atomic E-state index is 0.139. The van der Waals surface area contributed by atoms with Crippen molar-refractivity contribution in [3.8, 4) is 0 Å². The van der Waals surface area contributed by atoms with E-state index in [4.69, 9.17) is 0 Å². The summed E-state index contributed by atoms with van der Waals surface area (Å²) in [7, 11) is 0. The molecule has 1 spiro atoms. The summed E-state index contributed by atoms with van der Waals surface area (Å²) in [6.07, 6.45) is -11.2. The molecule has 0 aliphatic carbocycles. The quantitative estimate of drug-likeness (QED) is 0.617. The molecule has 4 rings (SSSR count). The highest BCUT2D eigenvalue weighted by Crippen LogP contribution is 2.40. The van der Waals surface area contributed by atoms with Gasteiger partial charge < -0.3 is 14.5 Å². The summed E-state index contributed by atoms with van der Waals surface area (Å²) < 4.78 is 81.5. The highest BCUT2D eigenvalue weighted by atomic mass is 19.4. The van der Waals surface area contributed by atoms with E-state index in [0.29, 0.717) is 30.9 Å². The molecule has 0 saturated carbocycles. The maximum atomic E-state index is 13.3. The first-order valence-electron chi connectivity index (χ1n) is 10.1. The summed E-state index contributed by atoms with van der Waals surface area (Å²) in [4.78, 5) is 35.9. The van der Waals surface area contributed by atoms with Crippen molar-refractivity contribution in [2.24, 2.45) is 0 Å². The van der Waals surface area contributed by atoms with Gasteiger partial charge in [0.15, 0.2) is 0 Å². The van der Waals surface area contributed by atoms with E-state index in [2.05, 4.69) is 14.7 Å². The van der Waals surface area contributed by atoms with Gasteiger partial charge in [-0.25, -0.2) is 14.8 Å². The minimum Gasteiger partial charge on any atom is -0.426 e. The number of likely N-dealkylation sites (tertiary alicyclic amines) is 2. The molecule has 0 bridgehead atoms. The van der Waals surface area contributed by atoms with Gasteiger partial charge in [-0.05, 0) is 31.7 Å². The van der Waals surface area contributed by atoms with E-state index in [1.807, 2.05) is 0 Å². The lowest BCUT2D eigenvalue weighted by atomic mass is 9.85. The van der Waals surface area contributed by atoms with Crippen molar-refractivity contribution >= 4 is 17.8 Å². The largest absolute Gasteiger partial charge is 0.434 e. The van der Waals surface area contributed by atoms with Gasteiger partial charge in [0.05, 0.1) is 6.20 Å². The number of hydrogen-bond donors (Lipinski definition) is 0. The summed E-state index contributed by atoms with van der Waals surface area (Å²) in [5.74, 6) is 0.0359. The van der Waals surface area contributed by atoms with Gasteiger partial charge in [-0.3, -0.25) is 9.20 Å². The van der Waals surface area contributed by atoms with Crippen LogP contribution in [-0.4, -0.2) is 79.8 Å². The average Bonchev–Trinajstić information content (AvgIpc) is 3.35. The molecule has 0 aromatic carbocycles. The highest BCUT2D eigenvalue weighted by Gasteiger charge is 2.60. The third-order valence-electron chi connectivity index (χ3n) is 6.11. The second-order valence-corrected chi connectivity index (χ2v) is 8.05. The van der Waals surface area contributed by atoms with E-state index in [9.17, 15) is 35.9 Å². The highest BCUT2D eigenvalue weighted by molar-refractivity contribution is 5.94. The SMILES string of the molecule is O=C(OC(C(F)(F)F)C(F)(F)F)N1CCC2(CCCN2C(=O)c2cnc3ncccn23)CC1. The Balaban J connectivity index is 1.45. The number of hydrogen-bond acceptors (Lipinski definition) is 5. The maximum Gasteiger partial charge on any atom is 0.434 e. The van der Waals surface area contributed by atoms with Crippen molar-refractivity contribution in [1.29, 1.82) is 0 Å². The monoisotopic (exact) mass is 479 g/mol. The second-order valence-electron chi connectivity index (χ2n) is 8.05. The Kier molecular flexibility index (Phi) is 5.65. The van der Waals surface area contributed by atoms with Crippen molar-refractivity contribution in [3.63, 3.8) is 0 Å². The van der Waals surface area contributed by atoms with Crippen molar-refractivity contribution in [2.45, 2.75) is 49.7 Å². The van der Waals surface area contributed by atoms with E-state index in [0.717, 1.165) is 4.90 Å². The molecule has 2 aliphatic rings. The van der Waals surface area contributed by atoms with Crippen LogP contribution in [0.15, 0.2) is 24.7 Å². The van der Waals surface area contributed by atoms with E-state index in [1.165, 1.54) is 16.8 Å². The Labute approximate surface area is 183 Å². The molecular formula is C19H19F6N5O3. The fourth-order valence-electron chi connectivity index (χ4n) is 4.50. The third kappa shape index (κ3) is 4.29. The van der Waals surface area contributed by atoms with Gasteiger partial charge in [0.25, 0.3) is 12.0 Å². The Hall–Kier alpha value is -3.06. The maximum absolute atomic E-state index is 13.3. The number of aromatic nitrogens is 3. The molecule has 2 saturated heterocycles. The van der Waals surface area contributed by atoms with Crippen LogP contribution >= 0.6 is 0 Å². The molecule has 0 unspecified atom stereocenters. The van der Waals surface area contributed by atoms with Crippen LogP contribution in [0.3, 0.4) is 0 Å². The number of fused-ring (bicyclic) bond motifs is 1. The Morgan fingerprint density at radius 1 is 1.00 bits per heavy atom. The van der Waals surface area contributed by atoms with E-state index < -0.39 is 30.1 Å². The van der Waals surface area contributed by atoms with Crippen molar-refractivity contribution in [1.82, 2.24) is 24.2 Å². The van der Waals surface area contributed by atoms with Crippen LogP contribution in [-0.2, 0) is 4.74 Å². The molecule has 2 aromatic rings. The van der Waals surface area contributed by atoms with Crippen LogP contribution < -0.4 is 0 Å². The number of imidazole rings is 1. The number of ether oxygens (including phenoxy) is 1. The first-order valence-corrected chi connectivity index (χ1v) is 10.1.